The van der Waals surface area contributed by atoms with Gasteiger partial charge in [-0.05, 0) is 32.8 Å². The third-order valence-electron chi connectivity index (χ3n) is 5.20. The zero-order valence-electron chi connectivity index (χ0n) is 13.5. The van der Waals surface area contributed by atoms with Gasteiger partial charge in [-0.2, -0.15) is 5.10 Å². The number of aromatic amines is 1. The smallest absolute Gasteiger partial charge is 0.272 e. The molecule has 1 aliphatic heterocycles. The third kappa shape index (κ3) is 2.90. The highest BCUT2D eigenvalue weighted by Gasteiger charge is 2.45. The monoisotopic (exact) mass is 306 g/mol. The molecule has 1 saturated carbocycles. The Morgan fingerprint density at radius 2 is 2.09 bits per heavy atom. The summed E-state index contributed by atoms with van der Waals surface area (Å²) >= 11 is 0. The first-order valence-corrected chi connectivity index (χ1v) is 8.27. The Labute approximate surface area is 131 Å². The van der Waals surface area contributed by atoms with Crippen molar-refractivity contribution in [1.82, 2.24) is 20.4 Å². The average molecular weight is 306 g/mol. The van der Waals surface area contributed by atoms with Crippen LogP contribution >= 0.6 is 0 Å². The molecule has 1 amide bonds. The Morgan fingerprint density at radius 1 is 1.41 bits per heavy atom. The number of aryl methyl sites for hydroxylation is 1. The zero-order valence-corrected chi connectivity index (χ0v) is 13.5. The molecular formula is C16H26N4O2. The van der Waals surface area contributed by atoms with Crippen molar-refractivity contribution < 1.29 is 9.53 Å². The molecule has 1 aromatic heterocycles. The molecule has 0 unspecified atom stereocenters. The summed E-state index contributed by atoms with van der Waals surface area (Å²) in [6, 6.07) is 1.90. The van der Waals surface area contributed by atoms with Crippen LogP contribution in [0.2, 0.25) is 0 Å². The van der Waals surface area contributed by atoms with Crippen LogP contribution in [0.3, 0.4) is 0 Å². The van der Waals surface area contributed by atoms with E-state index in [-0.39, 0.29) is 17.5 Å². The van der Waals surface area contributed by atoms with Crippen LogP contribution < -0.4 is 5.32 Å². The molecule has 122 valence electrons. The van der Waals surface area contributed by atoms with Crippen LogP contribution in [0.5, 0.6) is 0 Å². The molecule has 2 fully saturated rings. The first-order valence-electron chi connectivity index (χ1n) is 8.27. The van der Waals surface area contributed by atoms with Crippen molar-refractivity contribution in [2.75, 3.05) is 26.3 Å². The Bertz CT molecular complexity index is 516. The van der Waals surface area contributed by atoms with Gasteiger partial charge in [-0.1, -0.05) is 12.8 Å². The molecule has 22 heavy (non-hydrogen) atoms. The predicted molar refractivity (Wildman–Crippen MR) is 83.8 cm³/mol. The summed E-state index contributed by atoms with van der Waals surface area (Å²) in [5.41, 5.74) is 1.45. The predicted octanol–water partition coefficient (Wildman–Crippen LogP) is 1.48. The lowest BCUT2D eigenvalue weighted by molar-refractivity contribution is -0.0323. The number of nitrogens with one attached hydrogen (secondary N) is 2. The summed E-state index contributed by atoms with van der Waals surface area (Å²) in [6.07, 6.45) is 4.76. The summed E-state index contributed by atoms with van der Waals surface area (Å²) in [5.74, 6) is -0.0867. The van der Waals surface area contributed by atoms with E-state index in [1.807, 2.05) is 6.92 Å². The molecule has 3 rings (SSSR count). The number of nitrogens with zero attached hydrogens (tertiary/aromatic N) is 2. The average Bonchev–Trinajstić information content (AvgIpc) is 3.18. The second kappa shape index (κ2) is 6.38. The van der Waals surface area contributed by atoms with Crippen LogP contribution in [-0.2, 0) is 4.74 Å². The number of ether oxygens (including phenoxy) is 1. The van der Waals surface area contributed by atoms with Gasteiger partial charge in [-0.15, -0.1) is 0 Å². The number of aromatic nitrogens is 2. The van der Waals surface area contributed by atoms with Gasteiger partial charge in [0.2, 0.25) is 0 Å². The topological polar surface area (TPSA) is 70.2 Å². The highest BCUT2D eigenvalue weighted by atomic mass is 16.5. The summed E-state index contributed by atoms with van der Waals surface area (Å²) in [6.45, 7) is 7.54. The minimum atomic E-state index is -0.0867. The van der Waals surface area contributed by atoms with Gasteiger partial charge >= 0.3 is 0 Å². The number of amides is 1. The van der Waals surface area contributed by atoms with Crippen molar-refractivity contribution in [3.63, 3.8) is 0 Å². The molecule has 1 aliphatic carbocycles. The van der Waals surface area contributed by atoms with E-state index in [2.05, 4.69) is 27.3 Å². The molecule has 2 aliphatic rings. The Morgan fingerprint density at radius 3 is 2.68 bits per heavy atom. The van der Waals surface area contributed by atoms with Crippen molar-refractivity contribution in [3.8, 4) is 0 Å². The van der Waals surface area contributed by atoms with E-state index >= 15 is 0 Å². The lowest BCUT2D eigenvalue weighted by atomic mass is 9.86. The normalized spacial score (nSPS) is 23.4. The van der Waals surface area contributed by atoms with Gasteiger partial charge in [0, 0.05) is 30.4 Å². The van der Waals surface area contributed by atoms with E-state index in [4.69, 9.17) is 4.74 Å². The number of morpholine rings is 1. The van der Waals surface area contributed by atoms with E-state index in [1.54, 1.807) is 6.07 Å². The van der Waals surface area contributed by atoms with E-state index < -0.39 is 0 Å². The molecule has 1 atom stereocenters. The summed E-state index contributed by atoms with van der Waals surface area (Å²) < 4.78 is 5.49. The van der Waals surface area contributed by atoms with Gasteiger partial charge in [0.05, 0.1) is 13.2 Å². The molecule has 2 N–H and O–H groups in total. The molecule has 2 heterocycles. The van der Waals surface area contributed by atoms with Gasteiger partial charge in [0.25, 0.3) is 5.91 Å². The number of carbonyl (C=O) groups is 1. The van der Waals surface area contributed by atoms with Gasteiger partial charge in [0.15, 0.2) is 0 Å². The van der Waals surface area contributed by atoms with Crippen LogP contribution in [0, 0.1) is 6.92 Å². The maximum absolute atomic E-state index is 12.4. The summed E-state index contributed by atoms with van der Waals surface area (Å²) in [5, 5.41) is 10.1. The van der Waals surface area contributed by atoms with Crippen molar-refractivity contribution in [3.05, 3.63) is 17.5 Å². The SMILES string of the molecule is Cc1cc(C(=O)N[C@H](C)C2(N3CCOCC3)CCCC2)n[nH]1. The highest BCUT2D eigenvalue weighted by Crippen LogP contribution is 2.38. The molecular weight excluding hydrogens is 280 g/mol. The first-order chi connectivity index (χ1) is 10.6. The van der Waals surface area contributed by atoms with E-state index in [9.17, 15) is 4.79 Å². The summed E-state index contributed by atoms with van der Waals surface area (Å²) in [7, 11) is 0. The van der Waals surface area contributed by atoms with Crippen LogP contribution in [0.25, 0.3) is 0 Å². The maximum atomic E-state index is 12.4. The van der Waals surface area contributed by atoms with E-state index in [0.717, 1.165) is 44.8 Å². The second-order valence-corrected chi connectivity index (χ2v) is 6.54. The van der Waals surface area contributed by atoms with Crippen LogP contribution in [-0.4, -0.2) is 58.9 Å². The minimum absolute atomic E-state index is 0.0742. The molecule has 1 aromatic rings. The quantitative estimate of drug-likeness (QED) is 0.884. The minimum Gasteiger partial charge on any atom is -0.379 e. The van der Waals surface area contributed by atoms with Crippen molar-refractivity contribution in [1.29, 1.82) is 0 Å². The van der Waals surface area contributed by atoms with Crippen LogP contribution in [0.1, 0.15) is 48.8 Å². The fraction of sp³-hybridized carbons (Fsp3) is 0.750. The van der Waals surface area contributed by atoms with Gasteiger partial charge in [-0.3, -0.25) is 14.8 Å². The largest absolute Gasteiger partial charge is 0.379 e. The maximum Gasteiger partial charge on any atom is 0.272 e. The van der Waals surface area contributed by atoms with Crippen molar-refractivity contribution in [2.45, 2.75) is 51.1 Å². The zero-order chi connectivity index (χ0) is 15.6. The fourth-order valence-electron chi connectivity index (χ4n) is 3.96. The first kappa shape index (κ1) is 15.5. The van der Waals surface area contributed by atoms with Crippen LogP contribution in [0.15, 0.2) is 6.07 Å². The van der Waals surface area contributed by atoms with Gasteiger partial charge in [0.1, 0.15) is 5.69 Å². The molecule has 1 saturated heterocycles. The number of hydrogen-bond acceptors (Lipinski definition) is 4. The third-order valence-corrected chi connectivity index (χ3v) is 5.20. The van der Waals surface area contributed by atoms with Crippen LogP contribution in [0.4, 0.5) is 0 Å². The van der Waals surface area contributed by atoms with E-state index in [0.29, 0.717) is 5.69 Å². The van der Waals surface area contributed by atoms with Gasteiger partial charge in [-0.25, -0.2) is 0 Å². The number of hydrogen-bond donors (Lipinski definition) is 2. The van der Waals surface area contributed by atoms with E-state index in [1.165, 1.54) is 12.8 Å². The summed E-state index contributed by atoms with van der Waals surface area (Å²) in [4.78, 5) is 14.9. The lowest BCUT2D eigenvalue weighted by Gasteiger charge is -2.47. The van der Waals surface area contributed by atoms with Crippen molar-refractivity contribution >= 4 is 5.91 Å². The second-order valence-electron chi connectivity index (χ2n) is 6.54. The standard InChI is InChI=1S/C16H26N4O2/c1-12-11-14(19-18-12)15(21)17-13(2)16(5-3-4-6-16)20-7-9-22-10-8-20/h11,13H,3-10H2,1-2H3,(H,17,21)(H,18,19)/t13-/m1/s1. The Hall–Kier alpha value is -1.40. The highest BCUT2D eigenvalue weighted by molar-refractivity contribution is 5.92. The van der Waals surface area contributed by atoms with Crippen molar-refractivity contribution in [2.24, 2.45) is 0 Å². The molecule has 0 radical (unpaired) electrons. The number of rotatable bonds is 4. The lowest BCUT2D eigenvalue weighted by Crippen LogP contribution is -2.62. The molecule has 0 aromatic carbocycles. The molecule has 6 nitrogen and oxygen atoms in total. The fourth-order valence-corrected chi connectivity index (χ4v) is 3.96. The number of carbonyl (C=O) groups excluding carboxylic acids is 1. The Balaban J connectivity index is 1.72. The molecule has 6 heteroatoms. The number of H-pyrrole nitrogens is 1. The Kier molecular flexibility index (Phi) is 4.49. The molecule has 0 bridgehead atoms. The molecule has 0 spiro atoms. The van der Waals surface area contributed by atoms with Gasteiger partial charge < -0.3 is 10.1 Å².